The second-order valence-corrected chi connectivity index (χ2v) is 11.3. The Hall–Kier alpha value is -2.74. The van der Waals surface area contributed by atoms with Crippen molar-refractivity contribution in [3.63, 3.8) is 0 Å². The molecule has 1 fully saturated rings. The first kappa shape index (κ1) is 26.3. The fraction of sp³-hybridized carbons (Fsp3) is 0.448. The molecule has 1 saturated heterocycles. The summed E-state index contributed by atoms with van der Waals surface area (Å²) in [6.45, 7) is 6.03. The summed E-state index contributed by atoms with van der Waals surface area (Å²) in [6.07, 6.45) is 2.67. The molecule has 7 heteroatoms. The Kier molecular flexibility index (Phi) is 8.13. The summed E-state index contributed by atoms with van der Waals surface area (Å²) in [5.41, 5.74) is 3.66. The van der Waals surface area contributed by atoms with Crippen molar-refractivity contribution in [1.29, 1.82) is 0 Å². The summed E-state index contributed by atoms with van der Waals surface area (Å²) >= 11 is 1.51. The van der Waals surface area contributed by atoms with Crippen molar-refractivity contribution in [3.05, 3.63) is 68.9 Å². The molecule has 2 aromatic rings. The summed E-state index contributed by atoms with van der Waals surface area (Å²) in [7, 11) is 0. The molecule has 2 aliphatic rings. The van der Waals surface area contributed by atoms with Gasteiger partial charge < -0.3 is 15.3 Å². The van der Waals surface area contributed by atoms with E-state index in [2.05, 4.69) is 0 Å². The molecule has 36 heavy (non-hydrogen) atoms. The van der Waals surface area contributed by atoms with Crippen molar-refractivity contribution in [2.24, 2.45) is 23.7 Å². The monoisotopic (exact) mass is 509 g/mol. The molecule has 0 spiro atoms. The number of imide groups is 1. The number of hydrogen-bond acceptors (Lipinski definition) is 6. The van der Waals surface area contributed by atoms with Gasteiger partial charge in [-0.25, -0.2) is 0 Å². The second kappa shape index (κ2) is 11.1. The number of likely N-dealkylation sites (tertiary alicyclic amines) is 1. The number of benzene rings is 1. The van der Waals surface area contributed by atoms with Crippen molar-refractivity contribution in [2.45, 2.75) is 52.7 Å². The first-order valence-electron chi connectivity index (χ1n) is 12.6. The van der Waals surface area contributed by atoms with Crippen molar-refractivity contribution in [1.82, 2.24) is 4.90 Å². The summed E-state index contributed by atoms with van der Waals surface area (Å²) in [6, 6.07) is 10.8. The maximum atomic E-state index is 13.5. The molecular formula is C29H35NO5S. The molecule has 0 unspecified atom stereocenters. The number of rotatable bonds is 9. The second-order valence-electron chi connectivity index (χ2n) is 10.2. The lowest BCUT2D eigenvalue weighted by atomic mass is 9.66. The van der Waals surface area contributed by atoms with Gasteiger partial charge in [0.05, 0.1) is 31.1 Å². The van der Waals surface area contributed by atoms with E-state index in [-0.39, 0.29) is 36.6 Å². The smallest absolute Gasteiger partial charge is 0.234 e. The van der Waals surface area contributed by atoms with Crippen LogP contribution in [0, 0.1) is 23.7 Å². The van der Waals surface area contributed by atoms with E-state index in [4.69, 9.17) is 0 Å². The number of amides is 2. The van der Waals surface area contributed by atoms with Gasteiger partial charge in [0.25, 0.3) is 0 Å². The molecule has 1 aliphatic carbocycles. The molecule has 1 aromatic heterocycles. The third-order valence-electron chi connectivity index (χ3n) is 7.45. The maximum absolute atomic E-state index is 13.5. The predicted molar refractivity (Wildman–Crippen MR) is 141 cm³/mol. The number of allylic oxidation sites excluding steroid dienone is 2. The minimum absolute atomic E-state index is 0.0860. The van der Waals surface area contributed by atoms with Crippen LogP contribution >= 0.6 is 11.3 Å². The summed E-state index contributed by atoms with van der Waals surface area (Å²) < 4.78 is 0. The van der Waals surface area contributed by atoms with E-state index in [9.17, 15) is 24.9 Å². The molecule has 4 rings (SSSR count). The van der Waals surface area contributed by atoms with Crippen LogP contribution in [0.25, 0.3) is 6.08 Å². The number of nitrogens with zero attached hydrogens (tertiary/aromatic N) is 1. The average molecular weight is 510 g/mol. The predicted octanol–water partition coefficient (Wildman–Crippen LogP) is 4.76. The largest absolute Gasteiger partial charge is 0.508 e. The molecule has 2 heterocycles. The SMILES string of the molecule is C/C(=C\c1cccc(O)c1)CC[C@@H](O)C1=C(C(C)C)C[C@H]2C(=O)N(Cc3cccs3)C(=O)[C@H]2[C@H]1CO. The summed E-state index contributed by atoms with van der Waals surface area (Å²) in [5, 5.41) is 33.4. The number of aliphatic hydroxyl groups is 2. The Bertz CT molecular complexity index is 1170. The van der Waals surface area contributed by atoms with E-state index in [0.717, 1.165) is 27.2 Å². The molecule has 4 atom stereocenters. The maximum Gasteiger partial charge on any atom is 0.234 e. The molecule has 2 amide bonds. The van der Waals surface area contributed by atoms with Crippen LogP contribution in [0.2, 0.25) is 0 Å². The van der Waals surface area contributed by atoms with Gasteiger partial charge in [-0.3, -0.25) is 14.5 Å². The van der Waals surface area contributed by atoms with Crippen molar-refractivity contribution in [3.8, 4) is 5.75 Å². The number of phenols is 1. The number of carbonyl (C=O) groups is 2. The zero-order valence-electron chi connectivity index (χ0n) is 21.1. The number of carbonyl (C=O) groups excluding carboxylic acids is 2. The van der Waals surface area contributed by atoms with E-state index in [1.165, 1.54) is 16.2 Å². The number of hydrogen-bond donors (Lipinski definition) is 3. The first-order valence-corrected chi connectivity index (χ1v) is 13.4. The third kappa shape index (κ3) is 5.33. The van der Waals surface area contributed by atoms with Crippen molar-refractivity contribution in [2.75, 3.05) is 6.61 Å². The van der Waals surface area contributed by atoms with Gasteiger partial charge in [-0.15, -0.1) is 11.3 Å². The highest BCUT2D eigenvalue weighted by Gasteiger charge is 2.55. The highest BCUT2D eigenvalue weighted by molar-refractivity contribution is 7.09. The van der Waals surface area contributed by atoms with Crippen molar-refractivity contribution < 1.29 is 24.9 Å². The normalized spacial score (nSPS) is 23.6. The molecule has 0 radical (unpaired) electrons. The molecule has 3 N–H and O–H groups in total. The van der Waals surface area contributed by atoms with Crippen LogP contribution in [0.5, 0.6) is 5.75 Å². The Labute approximate surface area is 216 Å². The van der Waals surface area contributed by atoms with Crippen LogP contribution in [-0.2, 0) is 16.1 Å². The van der Waals surface area contributed by atoms with Gasteiger partial charge in [-0.2, -0.15) is 0 Å². The Morgan fingerprint density at radius 1 is 1.19 bits per heavy atom. The van der Waals surface area contributed by atoms with Crippen molar-refractivity contribution >= 4 is 29.2 Å². The van der Waals surface area contributed by atoms with E-state index in [0.29, 0.717) is 19.3 Å². The number of phenolic OH excluding ortho intramolecular Hbond substituents is 1. The van der Waals surface area contributed by atoms with Gasteiger partial charge in [-0.1, -0.05) is 49.3 Å². The lowest BCUT2D eigenvalue weighted by Gasteiger charge is -2.38. The van der Waals surface area contributed by atoms with E-state index >= 15 is 0 Å². The van der Waals surface area contributed by atoms with Gasteiger partial charge in [0.1, 0.15) is 5.75 Å². The molecule has 0 bridgehead atoms. The number of aliphatic hydroxyl groups excluding tert-OH is 2. The number of thiophene rings is 1. The zero-order valence-corrected chi connectivity index (χ0v) is 21.9. The van der Waals surface area contributed by atoms with Gasteiger partial charge in [0.2, 0.25) is 11.8 Å². The van der Waals surface area contributed by atoms with E-state index < -0.39 is 23.9 Å². The first-order chi connectivity index (χ1) is 17.2. The minimum Gasteiger partial charge on any atom is -0.508 e. The van der Waals surface area contributed by atoms with Crippen LogP contribution < -0.4 is 0 Å². The standard InChI is InChI=1S/C29H35NO5S/c1-17(2)22-14-23-27(29(35)30(28(23)34)15-21-8-5-11-36-21)24(16-31)26(22)25(33)10-9-18(3)12-19-6-4-7-20(32)13-19/h4-8,11-13,17,23-25,27,31-33H,9-10,14-16H2,1-3H3/b18-12+/t23-,24+,25-,27-/m1/s1. The molecule has 0 saturated carbocycles. The fourth-order valence-electron chi connectivity index (χ4n) is 5.72. The van der Waals surface area contributed by atoms with E-state index in [1.54, 1.807) is 18.2 Å². The Morgan fingerprint density at radius 2 is 1.97 bits per heavy atom. The Morgan fingerprint density at radius 3 is 2.61 bits per heavy atom. The molecule has 1 aromatic carbocycles. The number of fused-ring (bicyclic) bond motifs is 1. The lowest BCUT2D eigenvalue weighted by Crippen LogP contribution is -2.39. The van der Waals surface area contributed by atoms with Crippen LogP contribution in [0.1, 0.15) is 50.5 Å². The van der Waals surface area contributed by atoms with Crippen LogP contribution in [0.3, 0.4) is 0 Å². The highest BCUT2D eigenvalue weighted by atomic mass is 32.1. The lowest BCUT2D eigenvalue weighted by molar-refractivity contribution is -0.140. The molecule has 1 aliphatic heterocycles. The van der Waals surface area contributed by atoms with Crippen LogP contribution in [0.15, 0.2) is 58.5 Å². The minimum atomic E-state index is -0.817. The zero-order chi connectivity index (χ0) is 26.0. The highest BCUT2D eigenvalue weighted by Crippen LogP contribution is 2.48. The summed E-state index contributed by atoms with van der Waals surface area (Å²) in [4.78, 5) is 29.1. The third-order valence-corrected chi connectivity index (χ3v) is 8.31. The van der Waals surface area contributed by atoms with Gasteiger partial charge in [0.15, 0.2) is 0 Å². The molecule has 192 valence electrons. The Balaban J connectivity index is 1.56. The molecule has 6 nitrogen and oxygen atoms in total. The van der Waals surface area contributed by atoms with Gasteiger partial charge >= 0.3 is 0 Å². The topological polar surface area (TPSA) is 98.1 Å². The van der Waals surface area contributed by atoms with Crippen LogP contribution in [-0.4, -0.2) is 44.7 Å². The van der Waals surface area contributed by atoms with Crippen LogP contribution in [0.4, 0.5) is 0 Å². The van der Waals surface area contributed by atoms with Gasteiger partial charge in [0, 0.05) is 10.8 Å². The van der Waals surface area contributed by atoms with Gasteiger partial charge in [-0.05, 0) is 66.8 Å². The number of aromatic hydroxyl groups is 1. The van der Waals surface area contributed by atoms with E-state index in [1.807, 2.05) is 50.4 Å². The fourth-order valence-corrected chi connectivity index (χ4v) is 6.41. The average Bonchev–Trinajstić information content (AvgIpc) is 3.44. The molecular weight excluding hydrogens is 474 g/mol. The quantitative estimate of drug-likeness (QED) is 0.334. The summed E-state index contributed by atoms with van der Waals surface area (Å²) in [5.74, 6) is -1.83.